The van der Waals surface area contributed by atoms with Crippen LogP contribution >= 0.6 is 12.4 Å². The van der Waals surface area contributed by atoms with Gasteiger partial charge < -0.3 is 5.32 Å². The van der Waals surface area contributed by atoms with Crippen LogP contribution in [-0.2, 0) is 6.54 Å². The molecule has 126 valence electrons. The molecule has 0 aromatic carbocycles. The second-order valence-corrected chi connectivity index (χ2v) is 6.29. The summed E-state index contributed by atoms with van der Waals surface area (Å²) in [5.41, 5.74) is 3.74. The van der Waals surface area contributed by atoms with Gasteiger partial charge in [-0.2, -0.15) is 5.10 Å². The maximum absolute atomic E-state index is 4.64. The van der Waals surface area contributed by atoms with Crippen LogP contribution in [0, 0.1) is 6.92 Å². The van der Waals surface area contributed by atoms with Crippen molar-refractivity contribution in [3.8, 4) is 0 Å². The molecule has 0 saturated carbocycles. The first-order valence-electron chi connectivity index (χ1n) is 8.04. The number of nitrogens with one attached hydrogen (secondary N) is 1. The number of nitrogens with zero attached hydrogens (tertiary/aromatic N) is 4. The van der Waals surface area contributed by atoms with E-state index in [0.717, 1.165) is 31.9 Å². The number of piperazine rings is 1. The lowest BCUT2D eigenvalue weighted by Gasteiger charge is -2.36. The molecule has 3 heterocycles. The molecule has 23 heavy (non-hydrogen) atoms. The van der Waals surface area contributed by atoms with E-state index in [1.807, 2.05) is 18.5 Å². The van der Waals surface area contributed by atoms with Crippen LogP contribution in [0.3, 0.4) is 0 Å². The Labute approximate surface area is 144 Å². The van der Waals surface area contributed by atoms with Gasteiger partial charge in [-0.25, -0.2) is 0 Å². The fourth-order valence-electron chi connectivity index (χ4n) is 3.00. The molecule has 0 aliphatic carbocycles. The van der Waals surface area contributed by atoms with E-state index in [-0.39, 0.29) is 12.4 Å². The monoisotopic (exact) mass is 335 g/mol. The highest BCUT2D eigenvalue weighted by Crippen LogP contribution is 2.24. The van der Waals surface area contributed by atoms with Gasteiger partial charge in [0.05, 0.1) is 5.69 Å². The molecule has 1 aliphatic heterocycles. The fourth-order valence-corrected chi connectivity index (χ4v) is 3.00. The van der Waals surface area contributed by atoms with Gasteiger partial charge >= 0.3 is 0 Å². The van der Waals surface area contributed by atoms with Crippen molar-refractivity contribution in [2.45, 2.75) is 39.4 Å². The first-order valence-corrected chi connectivity index (χ1v) is 8.04. The Balaban J connectivity index is 0.00000192. The molecule has 0 bridgehead atoms. The molecule has 2 aromatic heterocycles. The Hall–Kier alpha value is -1.43. The molecular formula is C17H26ClN5. The predicted octanol–water partition coefficient (Wildman–Crippen LogP) is 2.74. The third kappa shape index (κ3) is 4.10. The Kier molecular flexibility index (Phi) is 6.16. The molecule has 1 atom stereocenters. The Morgan fingerprint density at radius 3 is 2.87 bits per heavy atom. The van der Waals surface area contributed by atoms with Gasteiger partial charge in [0.25, 0.3) is 0 Å². The van der Waals surface area contributed by atoms with E-state index in [4.69, 9.17) is 0 Å². The summed E-state index contributed by atoms with van der Waals surface area (Å²) in [6.45, 7) is 10.4. The van der Waals surface area contributed by atoms with Crippen molar-refractivity contribution in [2.24, 2.45) is 0 Å². The standard InChI is InChI=1S/C17H25N5.ClH/c1-13(2)22-12-16(14(3)20-22)11-21-8-7-19-10-17(21)15-5-4-6-18-9-15;/h4-6,9,12-13,17,19H,7-8,10-11H2,1-3H3;1H. The fraction of sp³-hybridized carbons (Fsp3) is 0.529. The molecule has 6 heteroatoms. The molecule has 2 aromatic rings. The molecule has 3 rings (SSSR count). The molecule has 5 nitrogen and oxygen atoms in total. The van der Waals surface area contributed by atoms with Crippen LogP contribution in [0.1, 0.15) is 42.8 Å². The zero-order valence-electron chi connectivity index (χ0n) is 14.1. The lowest BCUT2D eigenvalue weighted by atomic mass is 10.0. The summed E-state index contributed by atoms with van der Waals surface area (Å²) in [5.74, 6) is 0. The summed E-state index contributed by atoms with van der Waals surface area (Å²) in [4.78, 5) is 6.81. The van der Waals surface area contributed by atoms with E-state index in [1.54, 1.807) is 0 Å². The van der Waals surface area contributed by atoms with Gasteiger partial charge in [0.2, 0.25) is 0 Å². The van der Waals surface area contributed by atoms with Gasteiger partial charge in [0.15, 0.2) is 0 Å². The topological polar surface area (TPSA) is 46.0 Å². The second kappa shape index (κ2) is 7.90. The summed E-state index contributed by atoms with van der Waals surface area (Å²) in [7, 11) is 0. The van der Waals surface area contributed by atoms with Crippen molar-refractivity contribution >= 4 is 12.4 Å². The van der Waals surface area contributed by atoms with E-state index in [2.05, 4.69) is 58.0 Å². The van der Waals surface area contributed by atoms with Crippen LogP contribution in [-0.4, -0.2) is 39.3 Å². The lowest BCUT2D eigenvalue weighted by molar-refractivity contribution is 0.153. The number of aryl methyl sites for hydroxylation is 1. The third-order valence-electron chi connectivity index (χ3n) is 4.34. The zero-order chi connectivity index (χ0) is 15.5. The van der Waals surface area contributed by atoms with Crippen molar-refractivity contribution in [1.29, 1.82) is 0 Å². The summed E-state index contributed by atoms with van der Waals surface area (Å²) < 4.78 is 2.06. The van der Waals surface area contributed by atoms with Crippen LogP contribution in [0.15, 0.2) is 30.7 Å². The van der Waals surface area contributed by atoms with Crippen molar-refractivity contribution < 1.29 is 0 Å². The van der Waals surface area contributed by atoms with Crippen LogP contribution in [0.5, 0.6) is 0 Å². The summed E-state index contributed by atoms with van der Waals surface area (Å²) in [6, 6.07) is 4.97. The average Bonchev–Trinajstić information content (AvgIpc) is 2.90. The summed E-state index contributed by atoms with van der Waals surface area (Å²) in [5, 5.41) is 8.13. The smallest absolute Gasteiger partial charge is 0.0638 e. The molecule has 1 fully saturated rings. The maximum Gasteiger partial charge on any atom is 0.0638 e. The van der Waals surface area contributed by atoms with Crippen molar-refractivity contribution in [3.63, 3.8) is 0 Å². The van der Waals surface area contributed by atoms with Crippen LogP contribution in [0.4, 0.5) is 0 Å². The van der Waals surface area contributed by atoms with Gasteiger partial charge in [-0.1, -0.05) is 6.07 Å². The summed E-state index contributed by atoms with van der Waals surface area (Å²) >= 11 is 0. The molecule has 0 amide bonds. The number of rotatable bonds is 4. The maximum atomic E-state index is 4.64. The Morgan fingerprint density at radius 1 is 1.39 bits per heavy atom. The normalized spacial score (nSPS) is 18.9. The molecular weight excluding hydrogens is 310 g/mol. The quantitative estimate of drug-likeness (QED) is 0.933. The molecule has 0 spiro atoms. The average molecular weight is 336 g/mol. The van der Waals surface area contributed by atoms with E-state index < -0.39 is 0 Å². The van der Waals surface area contributed by atoms with Crippen molar-refractivity contribution in [3.05, 3.63) is 47.5 Å². The van der Waals surface area contributed by atoms with Crippen molar-refractivity contribution in [2.75, 3.05) is 19.6 Å². The Morgan fingerprint density at radius 2 is 2.22 bits per heavy atom. The summed E-state index contributed by atoms with van der Waals surface area (Å²) in [6.07, 6.45) is 6.01. The lowest BCUT2D eigenvalue weighted by Crippen LogP contribution is -2.45. The number of pyridine rings is 1. The van der Waals surface area contributed by atoms with Crippen LogP contribution in [0.25, 0.3) is 0 Å². The molecule has 1 aliphatic rings. The SMILES string of the molecule is Cc1nn(C(C)C)cc1CN1CCNCC1c1cccnc1.Cl. The van der Waals surface area contributed by atoms with Crippen LogP contribution < -0.4 is 5.32 Å². The number of aromatic nitrogens is 3. The van der Waals surface area contributed by atoms with Gasteiger partial charge in [0, 0.05) is 62.4 Å². The highest BCUT2D eigenvalue weighted by Gasteiger charge is 2.25. The minimum Gasteiger partial charge on any atom is -0.314 e. The minimum absolute atomic E-state index is 0. The zero-order valence-corrected chi connectivity index (χ0v) is 14.9. The van der Waals surface area contributed by atoms with Gasteiger partial charge in [-0.3, -0.25) is 14.6 Å². The van der Waals surface area contributed by atoms with Gasteiger partial charge in [-0.05, 0) is 32.4 Å². The number of halogens is 1. The molecule has 0 radical (unpaired) electrons. The van der Waals surface area contributed by atoms with E-state index in [9.17, 15) is 0 Å². The van der Waals surface area contributed by atoms with E-state index in [0.29, 0.717) is 12.1 Å². The van der Waals surface area contributed by atoms with Crippen LogP contribution in [0.2, 0.25) is 0 Å². The first kappa shape index (κ1) is 17.9. The van der Waals surface area contributed by atoms with Crippen molar-refractivity contribution in [1.82, 2.24) is 25.0 Å². The highest BCUT2D eigenvalue weighted by molar-refractivity contribution is 5.85. The second-order valence-electron chi connectivity index (χ2n) is 6.29. The molecule has 1 unspecified atom stereocenters. The number of hydrogen-bond acceptors (Lipinski definition) is 4. The molecule has 1 N–H and O–H groups in total. The third-order valence-corrected chi connectivity index (χ3v) is 4.34. The molecule has 1 saturated heterocycles. The predicted molar refractivity (Wildman–Crippen MR) is 94.9 cm³/mol. The van der Waals surface area contributed by atoms with E-state index >= 15 is 0 Å². The van der Waals surface area contributed by atoms with Gasteiger partial charge in [-0.15, -0.1) is 12.4 Å². The highest BCUT2D eigenvalue weighted by atomic mass is 35.5. The number of hydrogen-bond donors (Lipinski definition) is 1. The first-order chi connectivity index (χ1) is 10.6. The van der Waals surface area contributed by atoms with E-state index in [1.165, 1.54) is 11.1 Å². The Bertz CT molecular complexity index is 611. The van der Waals surface area contributed by atoms with Gasteiger partial charge in [0.1, 0.15) is 0 Å². The minimum atomic E-state index is 0. The largest absolute Gasteiger partial charge is 0.314 e.